The summed E-state index contributed by atoms with van der Waals surface area (Å²) >= 11 is 11.7. The molecule has 13 heavy (non-hydrogen) atoms. The molecule has 0 saturated heterocycles. The highest BCUT2D eigenvalue weighted by Gasteiger charge is 2.23. The minimum absolute atomic E-state index is 0.304. The molecule has 0 unspecified atom stereocenters. The van der Waals surface area contributed by atoms with Crippen LogP contribution in [0.25, 0.3) is 0 Å². The fourth-order valence-corrected chi connectivity index (χ4v) is 1.81. The fourth-order valence-electron chi connectivity index (χ4n) is 1.21. The molecule has 0 N–H and O–H groups in total. The molecule has 0 aromatic heterocycles. The van der Waals surface area contributed by atoms with E-state index in [4.69, 9.17) is 23.2 Å². The van der Waals surface area contributed by atoms with Crippen LogP contribution in [-0.2, 0) is 5.41 Å². The normalized spacial score (nSPS) is 11.8. The summed E-state index contributed by atoms with van der Waals surface area (Å²) in [5.74, 6) is -0.304. The molecule has 1 aromatic carbocycles. The van der Waals surface area contributed by atoms with E-state index >= 15 is 0 Å². The van der Waals surface area contributed by atoms with Gasteiger partial charge < -0.3 is 0 Å². The van der Waals surface area contributed by atoms with Crippen molar-refractivity contribution in [2.75, 3.05) is 0 Å². The maximum atomic E-state index is 13.4. The quantitative estimate of drug-likeness (QED) is 0.568. The topological polar surface area (TPSA) is 0 Å². The minimum Gasteiger partial charge on any atom is -0.207 e. The summed E-state index contributed by atoms with van der Waals surface area (Å²) in [6.07, 6.45) is 0. The maximum absolute atomic E-state index is 13.4. The van der Waals surface area contributed by atoms with Gasteiger partial charge in [0.2, 0.25) is 0 Å². The van der Waals surface area contributed by atoms with E-state index in [1.807, 2.05) is 20.8 Å². The second-order valence-electron chi connectivity index (χ2n) is 3.97. The molecule has 0 heterocycles. The molecule has 0 radical (unpaired) electrons. The number of halogens is 3. The van der Waals surface area contributed by atoms with Crippen LogP contribution < -0.4 is 0 Å². The zero-order chi connectivity index (χ0) is 10.2. The van der Waals surface area contributed by atoms with Gasteiger partial charge in [-0.25, -0.2) is 4.39 Å². The van der Waals surface area contributed by atoms with Gasteiger partial charge in [-0.15, -0.1) is 0 Å². The molecule has 0 nitrogen and oxygen atoms in total. The number of benzene rings is 1. The van der Waals surface area contributed by atoms with Crippen molar-refractivity contribution in [2.24, 2.45) is 0 Å². The zero-order valence-corrected chi connectivity index (χ0v) is 9.30. The smallest absolute Gasteiger partial charge is 0.128 e. The lowest BCUT2D eigenvalue weighted by Gasteiger charge is -2.21. The Morgan fingerprint density at radius 3 is 2.08 bits per heavy atom. The molecule has 1 aromatic rings. The van der Waals surface area contributed by atoms with Gasteiger partial charge in [-0.2, -0.15) is 0 Å². The van der Waals surface area contributed by atoms with Crippen LogP contribution in [-0.4, -0.2) is 0 Å². The van der Waals surface area contributed by atoms with Crippen LogP contribution in [0.15, 0.2) is 12.1 Å². The maximum Gasteiger partial charge on any atom is 0.128 e. The fraction of sp³-hybridized carbons (Fsp3) is 0.400. The summed E-state index contributed by atoms with van der Waals surface area (Å²) in [4.78, 5) is 0. The molecule has 0 aliphatic carbocycles. The average Bonchev–Trinajstić information content (AvgIpc) is 1.95. The number of rotatable bonds is 0. The highest BCUT2D eigenvalue weighted by Crippen LogP contribution is 2.35. The van der Waals surface area contributed by atoms with Crippen LogP contribution in [0.5, 0.6) is 0 Å². The Morgan fingerprint density at radius 1 is 1.15 bits per heavy atom. The van der Waals surface area contributed by atoms with E-state index in [1.165, 1.54) is 12.1 Å². The predicted octanol–water partition coefficient (Wildman–Crippen LogP) is 4.43. The van der Waals surface area contributed by atoms with Crippen LogP contribution in [0, 0.1) is 5.82 Å². The summed E-state index contributed by atoms with van der Waals surface area (Å²) in [6.45, 7) is 5.69. The SMILES string of the molecule is CC(C)(C)c1c(F)ccc(Cl)c1Cl. The van der Waals surface area contributed by atoms with Gasteiger partial charge in [-0.05, 0) is 17.5 Å². The van der Waals surface area contributed by atoms with Crippen molar-refractivity contribution in [3.8, 4) is 0 Å². The minimum atomic E-state index is -0.327. The van der Waals surface area contributed by atoms with Gasteiger partial charge in [0.1, 0.15) is 5.82 Å². The summed E-state index contributed by atoms with van der Waals surface area (Å²) in [5, 5.41) is 0.710. The van der Waals surface area contributed by atoms with Crippen LogP contribution in [0.1, 0.15) is 26.3 Å². The largest absolute Gasteiger partial charge is 0.207 e. The first kappa shape index (κ1) is 10.8. The van der Waals surface area contributed by atoms with E-state index < -0.39 is 0 Å². The average molecular weight is 221 g/mol. The molecular weight excluding hydrogens is 210 g/mol. The van der Waals surface area contributed by atoms with Gasteiger partial charge in [0.05, 0.1) is 10.0 Å². The van der Waals surface area contributed by atoms with E-state index in [0.717, 1.165) is 0 Å². The first-order valence-corrected chi connectivity index (χ1v) is 4.73. The van der Waals surface area contributed by atoms with Gasteiger partial charge >= 0.3 is 0 Å². The Morgan fingerprint density at radius 2 is 1.69 bits per heavy atom. The molecule has 0 fully saturated rings. The molecule has 0 aliphatic heterocycles. The molecule has 72 valence electrons. The second-order valence-corrected chi connectivity index (χ2v) is 4.75. The van der Waals surface area contributed by atoms with Gasteiger partial charge in [0, 0.05) is 5.56 Å². The number of hydrogen-bond acceptors (Lipinski definition) is 0. The Labute approximate surface area is 87.7 Å². The molecule has 0 atom stereocenters. The van der Waals surface area contributed by atoms with E-state index in [-0.39, 0.29) is 11.2 Å². The lowest BCUT2D eigenvalue weighted by molar-refractivity contribution is 0.523. The van der Waals surface area contributed by atoms with Crippen molar-refractivity contribution in [2.45, 2.75) is 26.2 Å². The molecule has 0 spiro atoms. The lowest BCUT2D eigenvalue weighted by atomic mass is 9.86. The number of hydrogen-bond donors (Lipinski definition) is 0. The molecule has 3 heteroatoms. The highest BCUT2D eigenvalue weighted by molar-refractivity contribution is 6.42. The van der Waals surface area contributed by atoms with Crippen LogP contribution in [0.2, 0.25) is 10.0 Å². The monoisotopic (exact) mass is 220 g/mol. The Kier molecular flexibility index (Phi) is 2.88. The Bertz CT molecular complexity index is 326. The van der Waals surface area contributed by atoms with Gasteiger partial charge in [-0.1, -0.05) is 44.0 Å². The van der Waals surface area contributed by atoms with Gasteiger partial charge in [0.15, 0.2) is 0 Å². The van der Waals surface area contributed by atoms with E-state index in [0.29, 0.717) is 15.6 Å². The molecule has 0 amide bonds. The standard InChI is InChI=1S/C10H11Cl2F/c1-10(2,3)8-7(13)5-4-6(11)9(8)12/h4-5H,1-3H3. The third kappa shape index (κ3) is 2.15. The van der Waals surface area contributed by atoms with Crippen molar-refractivity contribution in [1.82, 2.24) is 0 Å². The second kappa shape index (κ2) is 3.47. The van der Waals surface area contributed by atoms with Crippen LogP contribution in [0.3, 0.4) is 0 Å². The molecule has 0 aliphatic rings. The molecular formula is C10H11Cl2F. The lowest BCUT2D eigenvalue weighted by Crippen LogP contribution is -2.14. The Balaban J connectivity index is 3.43. The molecule has 0 bridgehead atoms. The summed E-state index contributed by atoms with van der Waals surface area (Å²) in [7, 11) is 0. The van der Waals surface area contributed by atoms with Crippen molar-refractivity contribution >= 4 is 23.2 Å². The third-order valence-corrected chi connectivity index (χ3v) is 2.60. The summed E-state index contributed by atoms with van der Waals surface area (Å²) < 4.78 is 13.4. The van der Waals surface area contributed by atoms with E-state index in [1.54, 1.807) is 0 Å². The van der Waals surface area contributed by atoms with Crippen molar-refractivity contribution < 1.29 is 4.39 Å². The first-order valence-electron chi connectivity index (χ1n) is 3.98. The highest BCUT2D eigenvalue weighted by atomic mass is 35.5. The van der Waals surface area contributed by atoms with Crippen molar-refractivity contribution in [3.63, 3.8) is 0 Å². The summed E-state index contributed by atoms with van der Waals surface area (Å²) in [6, 6.07) is 2.81. The third-order valence-electron chi connectivity index (χ3n) is 1.79. The molecule has 0 saturated carbocycles. The molecule has 1 rings (SSSR count). The van der Waals surface area contributed by atoms with Crippen molar-refractivity contribution in [1.29, 1.82) is 0 Å². The van der Waals surface area contributed by atoms with Crippen molar-refractivity contribution in [3.05, 3.63) is 33.6 Å². The first-order chi connectivity index (χ1) is 5.84. The van der Waals surface area contributed by atoms with Gasteiger partial charge in [-0.3, -0.25) is 0 Å². The zero-order valence-electron chi connectivity index (χ0n) is 7.79. The van der Waals surface area contributed by atoms with E-state index in [2.05, 4.69) is 0 Å². The summed E-state index contributed by atoms with van der Waals surface area (Å²) in [5.41, 5.74) is 0.146. The van der Waals surface area contributed by atoms with Gasteiger partial charge in [0.25, 0.3) is 0 Å². The Hall–Kier alpha value is -0.270. The van der Waals surface area contributed by atoms with Crippen LogP contribution in [0.4, 0.5) is 4.39 Å². The van der Waals surface area contributed by atoms with E-state index in [9.17, 15) is 4.39 Å². The predicted molar refractivity (Wildman–Crippen MR) is 55.1 cm³/mol. The van der Waals surface area contributed by atoms with Crippen LogP contribution >= 0.6 is 23.2 Å².